The maximum Gasteiger partial charge on any atom is 0.213 e. The summed E-state index contributed by atoms with van der Waals surface area (Å²) in [7, 11) is -3.23. The van der Waals surface area contributed by atoms with Gasteiger partial charge in [0.2, 0.25) is 10.0 Å². The molecule has 1 aromatic heterocycles. The van der Waals surface area contributed by atoms with Crippen molar-refractivity contribution in [3.63, 3.8) is 0 Å². The topological polar surface area (TPSA) is 84.1 Å². The van der Waals surface area contributed by atoms with E-state index in [1.54, 1.807) is 6.20 Å². The summed E-state index contributed by atoms with van der Waals surface area (Å²) in [4.78, 5) is 0. The fraction of sp³-hybridized carbons (Fsp3) is 0.750. The van der Waals surface area contributed by atoms with Crippen molar-refractivity contribution in [3.8, 4) is 0 Å². The van der Waals surface area contributed by atoms with Gasteiger partial charge in [0, 0.05) is 12.2 Å². The molecule has 19 heavy (non-hydrogen) atoms. The summed E-state index contributed by atoms with van der Waals surface area (Å²) in [5.74, 6) is 0.00984. The van der Waals surface area contributed by atoms with Crippen LogP contribution in [0.25, 0.3) is 0 Å². The number of sulfonamides is 1. The first kappa shape index (κ1) is 16.1. The van der Waals surface area contributed by atoms with E-state index in [1.165, 1.54) is 0 Å². The van der Waals surface area contributed by atoms with Gasteiger partial charge in [-0.3, -0.25) is 5.10 Å². The normalized spacial score (nSPS) is 12.2. The highest BCUT2D eigenvalue weighted by atomic mass is 32.2. The third-order valence-electron chi connectivity index (χ3n) is 2.68. The Bertz CT molecular complexity index is 468. The monoisotopic (exact) mass is 289 g/mol. The maximum absolute atomic E-state index is 11.6. The SMILES string of the molecule is Cc1[nH]ncc1CCCNS(=O)(=O)CCOC(C)C. The highest BCUT2D eigenvalue weighted by Crippen LogP contribution is 2.05. The van der Waals surface area contributed by atoms with Gasteiger partial charge in [0.1, 0.15) is 0 Å². The van der Waals surface area contributed by atoms with Crippen molar-refractivity contribution in [1.29, 1.82) is 0 Å². The number of aromatic amines is 1. The van der Waals surface area contributed by atoms with Crippen LogP contribution in [0.15, 0.2) is 6.20 Å². The molecule has 2 N–H and O–H groups in total. The number of nitrogens with one attached hydrogen (secondary N) is 2. The number of nitrogens with zero attached hydrogens (tertiary/aromatic N) is 1. The molecule has 0 aliphatic rings. The minimum absolute atomic E-state index is 0.00984. The minimum atomic E-state index is -3.23. The van der Waals surface area contributed by atoms with Gasteiger partial charge in [0.15, 0.2) is 0 Å². The van der Waals surface area contributed by atoms with Crippen LogP contribution in [0.4, 0.5) is 0 Å². The first-order chi connectivity index (χ1) is 8.91. The Kier molecular flexibility index (Phi) is 6.47. The van der Waals surface area contributed by atoms with E-state index in [-0.39, 0.29) is 18.5 Å². The van der Waals surface area contributed by atoms with Crippen LogP contribution in [0, 0.1) is 6.92 Å². The van der Waals surface area contributed by atoms with Crippen LogP contribution in [-0.4, -0.2) is 43.6 Å². The third kappa shape index (κ3) is 6.70. The average molecular weight is 289 g/mol. The zero-order valence-corrected chi connectivity index (χ0v) is 12.6. The number of ether oxygens (including phenoxy) is 1. The van der Waals surface area contributed by atoms with Crippen LogP contribution in [0.1, 0.15) is 31.5 Å². The largest absolute Gasteiger partial charge is 0.378 e. The molecule has 0 saturated heterocycles. The Hall–Kier alpha value is -0.920. The molecule has 6 nitrogen and oxygen atoms in total. The zero-order valence-electron chi connectivity index (χ0n) is 11.8. The van der Waals surface area contributed by atoms with Gasteiger partial charge >= 0.3 is 0 Å². The second-order valence-electron chi connectivity index (χ2n) is 4.76. The quantitative estimate of drug-likeness (QED) is 0.664. The molecule has 0 atom stereocenters. The van der Waals surface area contributed by atoms with Crippen molar-refractivity contribution < 1.29 is 13.2 Å². The number of hydrogen-bond donors (Lipinski definition) is 2. The van der Waals surface area contributed by atoms with Gasteiger partial charge in [-0.05, 0) is 39.2 Å². The Balaban J connectivity index is 2.19. The minimum Gasteiger partial charge on any atom is -0.378 e. The molecule has 1 heterocycles. The summed E-state index contributed by atoms with van der Waals surface area (Å²) in [5.41, 5.74) is 2.16. The fourth-order valence-corrected chi connectivity index (χ4v) is 2.52. The first-order valence-electron chi connectivity index (χ1n) is 6.48. The lowest BCUT2D eigenvalue weighted by atomic mass is 10.1. The smallest absolute Gasteiger partial charge is 0.213 e. The van der Waals surface area contributed by atoms with Crippen LogP contribution >= 0.6 is 0 Å². The van der Waals surface area contributed by atoms with E-state index < -0.39 is 10.0 Å². The van der Waals surface area contributed by atoms with Crippen molar-refractivity contribution >= 4 is 10.0 Å². The maximum atomic E-state index is 11.6. The summed E-state index contributed by atoms with van der Waals surface area (Å²) >= 11 is 0. The molecule has 0 amide bonds. The predicted octanol–water partition coefficient (Wildman–Crippen LogP) is 0.995. The lowest BCUT2D eigenvalue weighted by Gasteiger charge is -2.09. The molecule has 0 aliphatic carbocycles. The highest BCUT2D eigenvalue weighted by molar-refractivity contribution is 7.89. The van der Waals surface area contributed by atoms with Gasteiger partial charge in [0.25, 0.3) is 0 Å². The van der Waals surface area contributed by atoms with Crippen LogP contribution in [0.2, 0.25) is 0 Å². The van der Waals surface area contributed by atoms with Gasteiger partial charge in [-0.1, -0.05) is 0 Å². The molecule has 0 aromatic carbocycles. The molecule has 7 heteroatoms. The molecule has 0 bridgehead atoms. The number of aryl methyl sites for hydroxylation is 2. The van der Waals surface area contributed by atoms with Crippen molar-refractivity contribution in [2.75, 3.05) is 18.9 Å². The van der Waals surface area contributed by atoms with E-state index in [4.69, 9.17) is 4.74 Å². The third-order valence-corrected chi connectivity index (χ3v) is 4.03. The van der Waals surface area contributed by atoms with Crippen molar-refractivity contribution in [3.05, 3.63) is 17.5 Å². The Morgan fingerprint density at radius 3 is 2.79 bits per heavy atom. The standard InChI is InChI=1S/C12H23N3O3S/c1-10(2)18-7-8-19(16,17)14-6-4-5-12-9-13-15-11(12)3/h9-10,14H,4-8H2,1-3H3,(H,13,15). The van der Waals surface area contributed by atoms with E-state index in [2.05, 4.69) is 14.9 Å². The second kappa shape index (κ2) is 7.62. The Labute approximate surface area is 115 Å². The van der Waals surface area contributed by atoms with E-state index in [0.29, 0.717) is 6.54 Å². The molecule has 0 unspecified atom stereocenters. The number of hydrogen-bond acceptors (Lipinski definition) is 4. The molecule has 1 rings (SSSR count). The van der Waals surface area contributed by atoms with Gasteiger partial charge < -0.3 is 4.74 Å². The molecular weight excluding hydrogens is 266 g/mol. The van der Waals surface area contributed by atoms with Crippen molar-refractivity contribution in [2.45, 2.75) is 39.7 Å². The van der Waals surface area contributed by atoms with Crippen LogP contribution in [0.5, 0.6) is 0 Å². The second-order valence-corrected chi connectivity index (χ2v) is 6.68. The zero-order chi connectivity index (χ0) is 14.3. The molecule has 0 spiro atoms. The molecule has 1 aromatic rings. The molecule has 0 radical (unpaired) electrons. The van der Waals surface area contributed by atoms with E-state index in [0.717, 1.165) is 24.1 Å². The molecule has 0 aliphatic heterocycles. The number of aromatic nitrogens is 2. The summed E-state index contributed by atoms with van der Waals surface area (Å²) in [6, 6.07) is 0. The molecular formula is C12H23N3O3S. The summed E-state index contributed by atoms with van der Waals surface area (Å²) in [6.45, 7) is 6.39. The van der Waals surface area contributed by atoms with Gasteiger partial charge in [-0.2, -0.15) is 5.10 Å². The van der Waals surface area contributed by atoms with Gasteiger partial charge in [-0.15, -0.1) is 0 Å². The highest BCUT2D eigenvalue weighted by Gasteiger charge is 2.10. The van der Waals surface area contributed by atoms with Crippen LogP contribution in [-0.2, 0) is 21.2 Å². The average Bonchev–Trinajstić information content (AvgIpc) is 2.70. The first-order valence-corrected chi connectivity index (χ1v) is 8.14. The van der Waals surface area contributed by atoms with Crippen molar-refractivity contribution in [1.82, 2.24) is 14.9 Å². The molecule has 0 saturated carbocycles. The summed E-state index contributed by atoms with van der Waals surface area (Å²) in [5, 5.41) is 6.79. The Morgan fingerprint density at radius 1 is 1.47 bits per heavy atom. The predicted molar refractivity (Wildman–Crippen MR) is 74.5 cm³/mol. The summed E-state index contributed by atoms with van der Waals surface area (Å²) in [6.07, 6.45) is 3.40. The van der Waals surface area contributed by atoms with Crippen LogP contribution in [0.3, 0.4) is 0 Å². The summed E-state index contributed by atoms with van der Waals surface area (Å²) < 4.78 is 31.1. The van der Waals surface area contributed by atoms with E-state index in [1.807, 2.05) is 20.8 Å². The number of H-pyrrole nitrogens is 1. The lowest BCUT2D eigenvalue weighted by Crippen LogP contribution is -2.30. The molecule has 110 valence electrons. The molecule has 0 fully saturated rings. The number of rotatable bonds is 9. The van der Waals surface area contributed by atoms with E-state index in [9.17, 15) is 8.42 Å². The fourth-order valence-electron chi connectivity index (χ4n) is 1.60. The van der Waals surface area contributed by atoms with Crippen molar-refractivity contribution in [2.24, 2.45) is 0 Å². The lowest BCUT2D eigenvalue weighted by molar-refractivity contribution is 0.0911. The van der Waals surface area contributed by atoms with E-state index >= 15 is 0 Å². The Morgan fingerprint density at radius 2 is 2.21 bits per heavy atom. The van der Waals surface area contributed by atoms with Crippen LogP contribution < -0.4 is 4.72 Å². The van der Waals surface area contributed by atoms with Gasteiger partial charge in [0.05, 0.1) is 24.7 Å². The van der Waals surface area contributed by atoms with Gasteiger partial charge in [-0.25, -0.2) is 13.1 Å².